The smallest absolute Gasteiger partial charge is 0.254 e. The minimum atomic E-state index is -3.04. The van der Waals surface area contributed by atoms with Crippen molar-refractivity contribution in [3.05, 3.63) is 29.8 Å². The third-order valence-electron chi connectivity index (χ3n) is 4.31. The second-order valence-corrected chi connectivity index (χ2v) is 10.1. The van der Waals surface area contributed by atoms with Crippen molar-refractivity contribution in [1.29, 1.82) is 0 Å². The van der Waals surface area contributed by atoms with Gasteiger partial charge in [0.05, 0.1) is 22.4 Å². The van der Waals surface area contributed by atoms with Gasteiger partial charge in [-0.05, 0) is 32.4 Å². The monoisotopic (exact) mass is 395 g/mol. The number of sulfone groups is 1. The number of nitrogens with zero attached hydrogens (tertiary/aromatic N) is 2. The van der Waals surface area contributed by atoms with Crippen LogP contribution in [0.15, 0.2) is 29.3 Å². The highest BCUT2D eigenvalue weighted by molar-refractivity contribution is 8.15. The number of hydrogen-bond acceptors (Lipinski definition) is 6. The van der Waals surface area contributed by atoms with E-state index < -0.39 is 15.1 Å². The molecule has 0 bridgehead atoms. The van der Waals surface area contributed by atoms with E-state index in [9.17, 15) is 18.0 Å². The Kier molecular flexibility index (Phi) is 5.38. The summed E-state index contributed by atoms with van der Waals surface area (Å²) < 4.78 is 23.0. The highest BCUT2D eigenvalue weighted by atomic mass is 32.2. The molecule has 9 heteroatoms. The lowest BCUT2D eigenvalue weighted by Gasteiger charge is -2.21. The SMILES string of the molecule is Cc1ccc(N2C(=O)CN=C2S[C@H](C)C(=O)N[C@H]2CCS(=O)(=O)C2)cc1. The lowest BCUT2D eigenvalue weighted by atomic mass is 10.2. The summed E-state index contributed by atoms with van der Waals surface area (Å²) in [5.41, 5.74) is 1.81. The number of carbonyl (C=O) groups is 2. The number of benzene rings is 1. The molecular formula is C17H21N3O4S2. The van der Waals surface area contributed by atoms with Crippen molar-refractivity contribution >= 4 is 44.3 Å². The molecule has 0 unspecified atom stereocenters. The van der Waals surface area contributed by atoms with Gasteiger partial charge in [-0.25, -0.2) is 8.42 Å². The maximum atomic E-state index is 12.4. The summed E-state index contributed by atoms with van der Waals surface area (Å²) in [6.07, 6.45) is 0.445. The molecule has 0 saturated carbocycles. The van der Waals surface area contributed by atoms with Gasteiger partial charge in [-0.3, -0.25) is 19.5 Å². The maximum absolute atomic E-state index is 12.4. The minimum absolute atomic E-state index is 0.00888. The zero-order chi connectivity index (χ0) is 18.9. The van der Waals surface area contributed by atoms with Crippen molar-refractivity contribution < 1.29 is 18.0 Å². The molecule has 1 aromatic carbocycles. The van der Waals surface area contributed by atoms with Gasteiger partial charge in [0.15, 0.2) is 15.0 Å². The highest BCUT2D eigenvalue weighted by Crippen LogP contribution is 2.26. The van der Waals surface area contributed by atoms with E-state index in [0.717, 1.165) is 11.3 Å². The zero-order valence-electron chi connectivity index (χ0n) is 14.6. The molecule has 2 heterocycles. The number of thioether (sulfide) groups is 1. The van der Waals surface area contributed by atoms with Gasteiger partial charge in [-0.15, -0.1) is 0 Å². The topological polar surface area (TPSA) is 95.9 Å². The van der Waals surface area contributed by atoms with Gasteiger partial charge in [-0.1, -0.05) is 29.5 Å². The molecule has 0 aromatic heterocycles. The van der Waals surface area contributed by atoms with Gasteiger partial charge in [0.1, 0.15) is 6.54 Å². The molecule has 1 saturated heterocycles. The zero-order valence-corrected chi connectivity index (χ0v) is 16.3. The van der Waals surface area contributed by atoms with Crippen LogP contribution in [0.25, 0.3) is 0 Å². The normalized spacial score (nSPS) is 23.0. The summed E-state index contributed by atoms with van der Waals surface area (Å²) in [5, 5.41) is 2.78. The van der Waals surface area contributed by atoms with Crippen LogP contribution < -0.4 is 10.2 Å². The average Bonchev–Trinajstić information content (AvgIpc) is 3.10. The first-order chi connectivity index (χ1) is 12.2. The second-order valence-electron chi connectivity index (χ2n) is 6.53. The van der Waals surface area contributed by atoms with Crippen molar-refractivity contribution in [3.8, 4) is 0 Å². The Bertz CT molecular complexity index is 849. The molecular weight excluding hydrogens is 374 g/mol. The number of anilines is 1. The summed E-state index contributed by atoms with van der Waals surface area (Å²) in [5.74, 6) is -0.277. The number of aryl methyl sites for hydroxylation is 1. The van der Waals surface area contributed by atoms with Crippen LogP contribution in [0, 0.1) is 6.92 Å². The van der Waals surface area contributed by atoms with Gasteiger partial charge >= 0.3 is 0 Å². The summed E-state index contributed by atoms with van der Waals surface area (Å²) in [4.78, 5) is 30.4. The van der Waals surface area contributed by atoms with Crippen LogP contribution in [0.4, 0.5) is 5.69 Å². The Hall–Kier alpha value is -1.87. The number of rotatable bonds is 4. The number of amides is 2. The van der Waals surface area contributed by atoms with Crippen LogP contribution in [0.3, 0.4) is 0 Å². The molecule has 2 amide bonds. The number of nitrogens with one attached hydrogen (secondary N) is 1. The number of amidine groups is 1. The van der Waals surface area contributed by atoms with Gasteiger partial charge in [0.25, 0.3) is 5.91 Å². The van der Waals surface area contributed by atoms with Crippen LogP contribution in [0.1, 0.15) is 18.9 Å². The van der Waals surface area contributed by atoms with Crippen LogP contribution in [0.5, 0.6) is 0 Å². The molecule has 3 rings (SSSR count). The van der Waals surface area contributed by atoms with Crippen LogP contribution in [0.2, 0.25) is 0 Å². The van der Waals surface area contributed by atoms with Gasteiger partial charge in [0, 0.05) is 6.04 Å². The standard InChI is InChI=1S/C17H21N3O4S2/c1-11-3-5-14(6-4-11)20-15(21)9-18-17(20)25-12(2)16(22)19-13-7-8-26(23,24)10-13/h3-6,12-13H,7-10H2,1-2H3,(H,19,22)/t12-,13+/m1/s1. The first-order valence-corrected chi connectivity index (χ1v) is 11.1. The molecule has 0 radical (unpaired) electrons. The molecule has 140 valence electrons. The Balaban J connectivity index is 1.64. The third kappa shape index (κ3) is 4.27. The van der Waals surface area contributed by atoms with E-state index >= 15 is 0 Å². The van der Waals surface area contributed by atoms with E-state index in [1.165, 1.54) is 16.7 Å². The molecule has 26 heavy (non-hydrogen) atoms. The largest absolute Gasteiger partial charge is 0.351 e. The molecule has 2 aliphatic rings. The predicted octanol–water partition coefficient (Wildman–Crippen LogP) is 1.12. The first-order valence-electron chi connectivity index (χ1n) is 8.37. The molecule has 0 aliphatic carbocycles. The molecule has 1 fully saturated rings. The second kappa shape index (κ2) is 7.40. The van der Waals surface area contributed by atoms with Gasteiger partial charge in [0.2, 0.25) is 5.91 Å². The van der Waals surface area contributed by atoms with E-state index in [0.29, 0.717) is 11.6 Å². The van der Waals surface area contributed by atoms with E-state index in [1.807, 2.05) is 31.2 Å². The van der Waals surface area contributed by atoms with Crippen LogP contribution >= 0.6 is 11.8 Å². The van der Waals surface area contributed by atoms with E-state index in [1.54, 1.807) is 6.92 Å². The summed E-state index contributed by atoms with van der Waals surface area (Å²) in [6.45, 7) is 3.75. The number of hydrogen-bond donors (Lipinski definition) is 1. The van der Waals surface area contributed by atoms with Crippen molar-refractivity contribution in [3.63, 3.8) is 0 Å². The predicted molar refractivity (Wildman–Crippen MR) is 103 cm³/mol. The Morgan fingerprint density at radius 3 is 2.65 bits per heavy atom. The fourth-order valence-corrected chi connectivity index (χ4v) is 5.48. The summed E-state index contributed by atoms with van der Waals surface area (Å²) in [7, 11) is -3.04. The molecule has 2 atom stereocenters. The molecule has 7 nitrogen and oxygen atoms in total. The van der Waals surface area contributed by atoms with Crippen LogP contribution in [-0.4, -0.2) is 54.7 Å². The maximum Gasteiger partial charge on any atom is 0.254 e. The first kappa shape index (κ1) is 18.9. The van der Waals surface area contributed by atoms with Gasteiger partial charge < -0.3 is 5.32 Å². The Morgan fingerprint density at radius 2 is 2.04 bits per heavy atom. The Morgan fingerprint density at radius 1 is 1.35 bits per heavy atom. The molecule has 2 aliphatic heterocycles. The summed E-state index contributed by atoms with van der Waals surface area (Å²) in [6, 6.07) is 7.20. The number of carbonyl (C=O) groups excluding carboxylic acids is 2. The minimum Gasteiger partial charge on any atom is -0.351 e. The van der Waals surface area contributed by atoms with Crippen molar-refractivity contribution in [2.75, 3.05) is 23.0 Å². The highest BCUT2D eigenvalue weighted by Gasteiger charge is 2.33. The van der Waals surface area contributed by atoms with Crippen molar-refractivity contribution in [2.24, 2.45) is 4.99 Å². The fraction of sp³-hybridized carbons (Fsp3) is 0.471. The average molecular weight is 396 g/mol. The quantitative estimate of drug-likeness (QED) is 0.824. The molecule has 1 aromatic rings. The lowest BCUT2D eigenvalue weighted by Crippen LogP contribution is -2.41. The Labute approximate surface area is 157 Å². The van der Waals surface area contributed by atoms with Crippen molar-refractivity contribution in [2.45, 2.75) is 31.6 Å². The van der Waals surface area contributed by atoms with E-state index in [4.69, 9.17) is 0 Å². The molecule has 1 N–H and O–H groups in total. The third-order valence-corrected chi connectivity index (χ3v) is 7.17. The van der Waals surface area contributed by atoms with Gasteiger partial charge in [-0.2, -0.15) is 0 Å². The van der Waals surface area contributed by atoms with E-state index in [2.05, 4.69) is 10.3 Å². The molecule has 0 spiro atoms. The summed E-state index contributed by atoms with van der Waals surface area (Å²) >= 11 is 1.20. The van der Waals surface area contributed by atoms with Crippen molar-refractivity contribution in [1.82, 2.24) is 5.32 Å². The van der Waals surface area contributed by atoms with E-state index in [-0.39, 0.29) is 35.9 Å². The lowest BCUT2D eigenvalue weighted by molar-refractivity contribution is -0.121. The number of aliphatic imine (C=N–C) groups is 1. The van der Waals surface area contributed by atoms with Crippen LogP contribution in [-0.2, 0) is 19.4 Å². The fourth-order valence-electron chi connectivity index (χ4n) is 2.86.